The third-order valence-electron chi connectivity index (χ3n) is 11.1. The second-order valence-electron chi connectivity index (χ2n) is 14.6. The summed E-state index contributed by atoms with van der Waals surface area (Å²) in [4.78, 5) is 10.5. The maximum atomic E-state index is 5.35. The number of fused-ring (bicyclic) bond motifs is 5. The van der Waals surface area contributed by atoms with Crippen molar-refractivity contribution in [3.63, 3.8) is 0 Å². The Labute approximate surface area is 310 Å². The van der Waals surface area contributed by atoms with E-state index in [1.165, 1.54) is 66.1 Å². The lowest BCUT2D eigenvalue weighted by molar-refractivity contribution is 0.661. The Morgan fingerprint density at radius 3 is 1.72 bits per heavy atom. The molecule has 0 bridgehead atoms. The summed E-state index contributed by atoms with van der Waals surface area (Å²) in [7, 11) is 0. The van der Waals surface area contributed by atoms with E-state index in [0.717, 1.165) is 28.1 Å². The van der Waals surface area contributed by atoms with Gasteiger partial charge >= 0.3 is 0 Å². The van der Waals surface area contributed by atoms with Crippen LogP contribution in [0.1, 0.15) is 25.0 Å². The minimum Gasteiger partial charge on any atom is -0.228 e. The molecule has 9 aromatic rings. The third kappa shape index (κ3) is 5.18. The molecule has 0 amide bonds. The highest BCUT2D eigenvalue weighted by molar-refractivity contribution is 6.09. The topological polar surface area (TPSA) is 25.8 Å². The van der Waals surface area contributed by atoms with Gasteiger partial charge in [-0.05, 0) is 84.3 Å². The zero-order valence-electron chi connectivity index (χ0n) is 29.7. The van der Waals surface area contributed by atoms with Crippen molar-refractivity contribution in [3.8, 4) is 67.3 Å². The van der Waals surface area contributed by atoms with E-state index >= 15 is 0 Å². The van der Waals surface area contributed by atoms with Crippen LogP contribution in [-0.2, 0) is 5.41 Å². The maximum absolute atomic E-state index is 5.35. The minimum absolute atomic E-state index is 0.149. The molecule has 10 rings (SSSR count). The second-order valence-corrected chi connectivity index (χ2v) is 14.6. The lowest BCUT2D eigenvalue weighted by Gasteiger charge is -2.22. The van der Waals surface area contributed by atoms with Crippen molar-refractivity contribution in [2.24, 2.45) is 0 Å². The van der Waals surface area contributed by atoms with Crippen LogP contribution in [0.25, 0.3) is 88.8 Å². The summed E-state index contributed by atoms with van der Waals surface area (Å²) in [6, 6.07) is 65.4. The molecule has 2 heteroatoms. The predicted molar refractivity (Wildman–Crippen MR) is 222 cm³/mol. The summed E-state index contributed by atoms with van der Waals surface area (Å²) >= 11 is 0. The summed E-state index contributed by atoms with van der Waals surface area (Å²) in [5, 5.41) is 4.94. The van der Waals surface area contributed by atoms with Crippen molar-refractivity contribution < 1.29 is 0 Å². The zero-order valence-corrected chi connectivity index (χ0v) is 29.7. The van der Waals surface area contributed by atoms with Gasteiger partial charge in [-0.15, -0.1) is 0 Å². The molecular weight excluding hydrogens is 641 g/mol. The van der Waals surface area contributed by atoms with E-state index in [-0.39, 0.29) is 5.41 Å². The molecule has 250 valence electrons. The summed E-state index contributed by atoms with van der Waals surface area (Å²) in [6.45, 7) is 4.73. The van der Waals surface area contributed by atoms with E-state index in [1.807, 2.05) is 6.07 Å². The molecule has 0 unspecified atom stereocenters. The van der Waals surface area contributed by atoms with E-state index in [1.54, 1.807) is 0 Å². The quantitative estimate of drug-likeness (QED) is 0.181. The standard InChI is InChI=1S/C51H36N2/c1-51(2)44-23-13-22-42(49(44)43-30-38-19-9-10-20-39(38)31-45(43)51)48-40-21-12-11-16-35(40)28-29-41(48)47-32-46(52-50(53-47)37-17-7-4-8-18-37)36-26-24-34(25-27-36)33-14-5-3-6-15-33/h3-32H,1-2H3. The zero-order chi connectivity index (χ0) is 35.5. The first-order chi connectivity index (χ1) is 26.0. The maximum Gasteiger partial charge on any atom is 0.160 e. The second kappa shape index (κ2) is 12.3. The fraction of sp³-hybridized carbons (Fsp3) is 0.0588. The molecule has 8 aromatic carbocycles. The van der Waals surface area contributed by atoms with Crippen molar-refractivity contribution in [1.82, 2.24) is 9.97 Å². The van der Waals surface area contributed by atoms with Gasteiger partial charge < -0.3 is 0 Å². The normalized spacial score (nSPS) is 12.9. The van der Waals surface area contributed by atoms with E-state index in [9.17, 15) is 0 Å². The highest BCUT2D eigenvalue weighted by atomic mass is 14.9. The average molecular weight is 677 g/mol. The molecule has 0 atom stereocenters. The van der Waals surface area contributed by atoms with E-state index < -0.39 is 0 Å². The molecule has 1 heterocycles. The third-order valence-corrected chi connectivity index (χ3v) is 11.1. The summed E-state index contributed by atoms with van der Waals surface area (Å²) in [6.07, 6.45) is 0. The first kappa shape index (κ1) is 31.1. The molecule has 0 spiro atoms. The van der Waals surface area contributed by atoms with Crippen molar-refractivity contribution >= 4 is 21.5 Å². The Hall–Kier alpha value is -6.64. The van der Waals surface area contributed by atoms with Gasteiger partial charge in [0.2, 0.25) is 0 Å². The predicted octanol–water partition coefficient (Wildman–Crippen LogP) is 13.4. The summed E-state index contributed by atoms with van der Waals surface area (Å²) < 4.78 is 0. The largest absolute Gasteiger partial charge is 0.228 e. The van der Waals surface area contributed by atoms with Crippen LogP contribution in [0.5, 0.6) is 0 Å². The molecule has 1 aliphatic rings. The molecule has 53 heavy (non-hydrogen) atoms. The molecule has 0 aliphatic heterocycles. The van der Waals surface area contributed by atoms with Gasteiger partial charge in [-0.1, -0.05) is 178 Å². The van der Waals surface area contributed by atoms with Crippen molar-refractivity contribution in [1.29, 1.82) is 0 Å². The van der Waals surface area contributed by atoms with Crippen LogP contribution in [0.3, 0.4) is 0 Å². The van der Waals surface area contributed by atoms with Gasteiger partial charge in [0.05, 0.1) is 11.4 Å². The Morgan fingerprint density at radius 2 is 0.962 bits per heavy atom. The van der Waals surface area contributed by atoms with Crippen LogP contribution in [0.4, 0.5) is 0 Å². The monoisotopic (exact) mass is 676 g/mol. The molecule has 2 nitrogen and oxygen atoms in total. The van der Waals surface area contributed by atoms with Crippen LogP contribution in [-0.4, -0.2) is 9.97 Å². The fourth-order valence-corrected chi connectivity index (χ4v) is 8.37. The lowest BCUT2D eigenvalue weighted by atomic mass is 9.81. The number of nitrogens with zero attached hydrogens (tertiary/aromatic N) is 2. The van der Waals surface area contributed by atoms with Gasteiger partial charge in [0.25, 0.3) is 0 Å². The van der Waals surface area contributed by atoms with Gasteiger partial charge in [0.15, 0.2) is 5.82 Å². The van der Waals surface area contributed by atoms with Crippen LogP contribution >= 0.6 is 0 Å². The number of benzene rings is 8. The average Bonchev–Trinajstić information content (AvgIpc) is 3.45. The summed E-state index contributed by atoms with van der Waals surface area (Å²) in [5.41, 5.74) is 14.9. The number of aromatic nitrogens is 2. The number of hydrogen-bond donors (Lipinski definition) is 0. The van der Waals surface area contributed by atoms with Gasteiger partial charge in [-0.25, -0.2) is 9.97 Å². The molecule has 1 aromatic heterocycles. The van der Waals surface area contributed by atoms with Crippen molar-refractivity contribution in [3.05, 3.63) is 193 Å². The Morgan fingerprint density at radius 1 is 0.358 bits per heavy atom. The molecule has 0 fully saturated rings. The van der Waals surface area contributed by atoms with Gasteiger partial charge in [-0.2, -0.15) is 0 Å². The van der Waals surface area contributed by atoms with E-state index in [4.69, 9.17) is 9.97 Å². The van der Waals surface area contributed by atoms with Crippen LogP contribution in [0, 0.1) is 0 Å². The van der Waals surface area contributed by atoms with Crippen LogP contribution < -0.4 is 0 Å². The van der Waals surface area contributed by atoms with Crippen molar-refractivity contribution in [2.75, 3.05) is 0 Å². The molecule has 1 aliphatic carbocycles. The minimum atomic E-state index is -0.149. The van der Waals surface area contributed by atoms with Gasteiger partial charge in [0.1, 0.15) is 0 Å². The van der Waals surface area contributed by atoms with E-state index in [2.05, 4.69) is 190 Å². The SMILES string of the molecule is CC1(C)c2cc3ccccc3cc2-c2c(-c3c(-c4cc(-c5ccc(-c6ccccc6)cc5)nc(-c5ccccc5)n4)ccc4ccccc34)cccc21. The first-order valence-electron chi connectivity index (χ1n) is 18.3. The lowest BCUT2D eigenvalue weighted by Crippen LogP contribution is -2.14. The molecule has 0 radical (unpaired) electrons. The highest BCUT2D eigenvalue weighted by Gasteiger charge is 2.37. The van der Waals surface area contributed by atoms with Gasteiger partial charge in [0, 0.05) is 22.1 Å². The Bertz CT molecular complexity index is 2830. The Kier molecular flexibility index (Phi) is 7.19. The molecule has 0 N–H and O–H groups in total. The molecular formula is C51H36N2. The number of rotatable bonds is 5. The van der Waals surface area contributed by atoms with Crippen molar-refractivity contribution in [2.45, 2.75) is 19.3 Å². The Balaban J connectivity index is 1.23. The van der Waals surface area contributed by atoms with Crippen LogP contribution in [0.15, 0.2) is 182 Å². The molecule has 0 saturated heterocycles. The van der Waals surface area contributed by atoms with Gasteiger partial charge in [-0.3, -0.25) is 0 Å². The molecule has 0 saturated carbocycles. The highest BCUT2D eigenvalue weighted by Crippen LogP contribution is 2.54. The number of hydrogen-bond acceptors (Lipinski definition) is 2. The first-order valence-corrected chi connectivity index (χ1v) is 18.3. The summed E-state index contributed by atoms with van der Waals surface area (Å²) in [5.74, 6) is 0.709. The fourth-order valence-electron chi connectivity index (χ4n) is 8.37. The van der Waals surface area contributed by atoms with Crippen LogP contribution in [0.2, 0.25) is 0 Å². The van der Waals surface area contributed by atoms with E-state index in [0.29, 0.717) is 5.82 Å². The smallest absolute Gasteiger partial charge is 0.160 e.